The second-order valence-corrected chi connectivity index (χ2v) is 11.5. The monoisotopic (exact) mass is 499 g/mol. The number of anilines is 2. The predicted molar refractivity (Wildman–Crippen MR) is 131 cm³/mol. The second kappa shape index (κ2) is 9.57. The highest BCUT2D eigenvalue weighted by molar-refractivity contribution is 7.92. The van der Waals surface area contributed by atoms with Gasteiger partial charge in [0.2, 0.25) is 10.0 Å². The maximum absolute atomic E-state index is 13.1. The molecule has 0 heterocycles. The van der Waals surface area contributed by atoms with E-state index in [1.165, 1.54) is 52.8 Å². The summed E-state index contributed by atoms with van der Waals surface area (Å²) in [6.07, 6.45) is 1.69. The smallest absolute Gasteiger partial charge is 0.264 e. The third-order valence-corrected chi connectivity index (χ3v) is 8.81. The van der Waals surface area contributed by atoms with Gasteiger partial charge in [0.1, 0.15) is 0 Å². The zero-order valence-electron chi connectivity index (χ0n) is 18.5. The Hall–Kier alpha value is -3.21. The van der Waals surface area contributed by atoms with E-state index in [1.54, 1.807) is 31.2 Å². The fraction of sp³-hybridized carbons (Fsp3) is 0.208. The summed E-state index contributed by atoms with van der Waals surface area (Å²) in [5, 5.41) is 2.69. The highest BCUT2D eigenvalue weighted by Crippen LogP contribution is 2.25. The van der Waals surface area contributed by atoms with Gasteiger partial charge in [-0.15, -0.1) is 0 Å². The molecule has 178 valence electrons. The van der Waals surface area contributed by atoms with Gasteiger partial charge in [-0.05, 0) is 80.4 Å². The van der Waals surface area contributed by atoms with E-state index in [9.17, 15) is 21.6 Å². The van der Waals surface area contributed by atoms with Crippen LogP contribution in [0.4, 0.5) is 11.4 Å². The average molecular weight is 500 g/mol. The van der Waals surface area contributed by atoms with Crippen LogP contribution in [0.1, 0.15) is 30.1 Å². The number of carbonyl (C=O) groups is 1. The first kappa shape index (κ1) is 23.9. The van der Waals surface area contributed by atoms with Gasteiger partial charge in [0.25, 0.3) is 15.9 Å². The number of carbonyl (C=O) groups excluding carboxylic acids is 1. The van der Waals surface area contributed by atoms with Crippen molar-refractivity contribution >= 4 is 37.3 Å². The quantitative estimate of drug-likeness (QED) is 0.467. The summed E-state index contributed by atoms with van der Waals surface area (Å²) < 4.78 is 54.6. The van der Waals surface area contributed by atoms with Crippen molar-refractivity contribution in [3.63, 3.8) is 0 Å². The summed E-state index contributed by atoms with van der Waals surface area (Å²) in [6, 6.07) is 20.4. The lowest BCUT2D eigenvalue weighted by atomic mass is 10.2. The molecule has 0 aromatic heterocycles. The Kier molecular flexibility index (Phi) is 6.74. The number of benzene rings is 3. The van der Waals surface area contributed by atoms with E-state index in [2.05, 4.69) is 10.0 Å². The Morgan fingerprint density at radius 1 is 0.853 bits per heavy atom. The Morgan fingerprint density at radius 3 is 2.00 bits per heavy atom. The van der Waals surface area contributed by atoms with Crippen LogP contribution in [0.25, 0.3) is 0 Å². The lowest BCUT2D eigenvalue weighted by Crippen LogP contribution is -2.30. The molecule has 4 rings (SSSR count). The molecule has 8 nitrogen and oxygen atoms in total. The van der Waals surface area contributed by atoms with Crippen molar-refractivity contribution in [1.82, 2.24) is 4.72 Å². The van der Waals surface area contributed by atoms with Gasteiger partial charge in [-0.2, -0.15) is 0 Å². The van der Waals surface area contributed by atoms with Crippen LogP contribution in [0.5, 0.6) is 0 Å². The average Bonchev–Trinajstić information content (AvgIpc) is 3.64. The van der Waals surface area contributed by atoms with Crippen molar-refractivity contribution < 1.29 is 21.6 Å². The molecule has 3 aromatic carbocycles. The Balaban J connectivity index is 1.46. The third-order valence-electron chi connectivity index (χ3n) is 5.36. The number of rotatable bonds is 9. The minimum atomic E-state index is -3.79. The molecule has 0 radical (unpaired) electrons. The summed E-state index contributed by atoms with van der Waals surface area (Å²) >= 11 is 0. The van der Waals surface area contributed by atoms with E-state index >= 15 is 0 Å². The van der Waals surface area contributed by atoms with Gasteiger partial charge in [0, 0.05) is 23.8 Å². The van der Waals surface area contributed by atoms with E-state index in [-0.39, 0.29) is 27.9 Å². The van der Waals surface area contributed by atoms with Gasteiger partial charge in [-0.3, -0.25) is 9.10 Å². The standard InChI is InChI=1S/C24H25N3O5S2/c1-2-27(21-6-4-3-5-7-21)34(31,32)23-14-8-18(9-15-23)24(28)25-19-12-16-22(17-13-19)33(29,30)26-20-10-11-20/h3-9,12-17,20,26H,2,10-11H2,1H3,(H,25,28). The topological polar surface area (TPSA) is 113 Å². The Bertz CT molecular complexity index is 1370. The van der Waals surface area contributed by atoms with Gasteiger partial charge in [0.05, 0.1) is 15.5 Å². The molecule has 1 aliphatic carbocycles. The number of para-hydroxylation sites is 1. The molecule has 2 N–H and O–H groups in total. The SMILES string of the molecule is CCN(c1ccccc1)S(=O)(=O)c1ccc(C(=O)Nc2ccc(S(=O)(=O)NC3CC3)cc2)cc1. The van der Waals surface area contributed by atoms with Crippen molar-refractivity contribution in [3.05, 3.63) is 84.4 Å². The normalized spacial score (nSPS) is 13.9. The van der Waals surface area contributed by atoms with Crippen LogP contribution in [0.3, 0.4) is 0 Å². The van der Waals surface area contributed by atoms with Gasteiger partial charge in [-0.1, -0.05) is 18.2 Å². The molecule has 0 unspecified atom stereocenters. The van der Waals surface area contributed by atoms with Gasteiger partial charge in [0.15, 0.2) is 0 Å². The zero-order chi connectivity index (χ0) is 24.3. The maximum Gasteiger partial charge on any atom is 0.264 e. The molecule has 0 saturated heterocycles. The zero-order valence-corrected chi connectivity index (χ0v) is 20.1. The number of sulfonamides is 2. The lowest BCUT2D eigenvalue weighted by Gasteiger charge is -2.23. The molecule has 10 heteroatoms. The van der Waals surface area contributed by atoms with Crippen LogP contribution in [-0.2, 0) is 20.0 Å². The Labute approximate surface area is 199 Å². The molecule has 1 amide bonds. The number of hydrogen-bond acceptors (Lipinski definition) is 5. The van der Waals surface area contributed by atoms with Crippen molar-refractivity contribution in [2.24, 2.45) is 0 Å². The largest absolute Gasteiger partial charge is 0.322 e. The van der Waals surface area contributed by atoms with Crippen LogP contribution < -0.4 is 14.3 Å². The first-order chi connectivity index (χ1) is 16.2. The molecule has 0 atom stereocenters. The summed E-state index contributed by atoms with van der Waals surface area (Å²) in [6.45, 7) is 2.02. The number of amides is 1. The molecule has 0 bridgehead atoms. The minimum absolute atomic E-state index is 0.00765. The van der Waals surface area contributed by atoms with Crippen molar-refractivity contribution in [2.45, 2.75) is 35.6 Å². The molecule has 3 aromatic rings. The van der Waals surface area contributed by atoms with Crippen molar-refractivity contribution in [3.8, 4) is 0 Å². The molecular weight excluding hydrogens is 474 g/mol. The fourth-order valence-corrected chi connectivity index (χ4v) is 6.18. The first-order valence-corrected chi connectivity index (χ1v) is 13.7. The molecule has 0 aliphatic heterocycles. The van der Waals surface area contributed by atoms with Crippen LogP contribution in [0.15, 0.2) is 88.7 Å². The van der Waals surface area contributed by atoms with E-state index in [0.29, 0.717) is 11.4 Å². The van der Waals surface area contributed by atoms with Gasteiger partial charge in [-0.25, -0.2) is 21.6 Å². The van der Waals surface area contributed by atoms with Crippen LogP contribution >= 0.6 is 0 Å². The van der Waals surface area contributed by atoms with E-state index in [4.69, 9.17) is 0 Å². The van der Waals surface area contributed by atoms with Crippen LogP contribution in [-0.4, -0.2) is 35.3 Å². The highest BCUT2D eigenvalue weighted by Gasteiger charge is 2.28. The fourth-order valence-electron chi connectivity index (χ4n) is 3.40. The Morgan fingerprint density at radius 2 is 1.44 bits per heavy atom. The molecular formula is C24H25N3O5S2. The molecule has 1 fully saturated rings. The summed E-state index contributed by atoms with van der Waals surface area (Å²) in [5.74, 6) is -0.439. The van der Waals surface area contributed by atoms with Crippen molar-refractivity contribution in [1.29, 1.82) is 0 Å². The minimum Gasteiger partial charge on any atom is -0.322 e. The third kappa shape index (κ3) is 5.30. The van der Waals surface area contributed by atoms with E-state index < -0.39 is 26.0 Å². The highest BCUT2D eigenvalue weighted by atomic mass is 32.2. The first-order valence-electron chi connectivity index (χ1n) is 10.8. The van der Waals surface area contributed by atoms with Crippen molar-refractivity contribution in [2.75, 3.05) is 16.2 Å². The summed E-state index contributed by atoms with van der Waals surface area (Å²) in [4.78, 5) is 12.8. The molecule has 1 aliphatic rings. The second-order valence-electron chi connectivity index (χ2n) is 7.90. The number of nitrogens with one attached hydrogen (secondary N) is 2. The van der Waals surface area contributed by atoms with Crippen LogP contribution in [0, 0.1) is 0 Å². The summed E-state index contributed by atoms with van der Waals surface area (Å²) in [7, 11) is -7.36. The van der Waals surface area contributed by atoms with Crippen LogP contribution in [0.2, 0.25) is 0 Å². The maximum atomic E-state index is 13.1. The van der Waals surface area contributed by atoms with Gasteiger partial charge >= 0.3 is 0 Å². The van der Waals surface area contributed by atoms with Gasteiger partial charge < -0.3 is 5.32 Å². The van der Waals surface area contributed by atoms with E-state index in [0.717, 1.165) is 12.8 Å². The molecule has 1 saturated carbocycles. The molecule has 34 heavy (non-hydrogen) atoms. The summed E-state index contributed by atoms with van der Waals surface area (Å²) in [5.41, 5.74) is 1.26. The number of hydrogen-bond donors (Lipinski definition) is 2. The molecule has 0 spiro atoms. The number of nitrogens with zero attached hydrogens (tertiary/aromatic N) is 1. The van der Waals surface area contributed by atoms with E-state index in [1.807, 2.05) is 6.07 Å². The lowest BCUT2D eigenvalue weighted by molar-refractivity contribution is 0.102. The predicted octanol–water partition coefficient (Wildman–Crippen LogP) is 3.59.